The number of aromatic nitrogens is 1. The molecular formula is C34H40N4O3. The van der Waals surface area contributed by atoms with Gasteiger partial charge in [0.05, 0.1) is 17.3 Å². The van der Waals surface area contributed by atoms with Crippen molar-refractivity contribution in [2.75, 3.05) is 31.6 Å². The van der Waals surface area contributed by atoms with Crippen LogP contribution in [0.15, 0.2) is 46.9 Å². The van der Waals surface area contributed by atoms with E-state index in [0.717, 1.165) is 85.8 Å². The zero-order valence-corrected chi connectivity index (χ0v) is 24.1. The number of carbonyl (C=O) groups is 1. The lowest BCUT2D eigenvalue weighted by Crippen LogP contribution is -2.41. The first-order chi connectivity index (χ1) is 20.0. The molecule has 8 rings (SSSR count). The van der Waals surface area contributed by atoms with E-state index in [2.05, 4.69) is 46.7 Å². The summed E-state index contributed by atoms with van der Waals surface area (Å²) >= 11 is 0. The SMILES string of the molecule is COC1CCN(c2ccc3cc(-c4oc5cc(C(=O)N6CC7CCC6[C@@H]7N)ccc5c4C)n(CC4CC4)c3c2)CC1. The number of carbonyl (C=O) groups excluding carboxylic acids is 1. The first-order valence-corrected chi connectivity index (χ1v) is 15.5. The highest BCUT2D eigenvalue weighted by molar-refractivity contribution is 6.00. The van der Waals surface area contributed by atoms with Crippen LogP contribution in [-0.2, 0) is 11.3 Å². The highest BCUT2D eigenvalue weighted by Crippen LogP contribution is 2.41. The minimum Gasteiger partial charge on any atom is -0.454 e. The molecule has 2 saturated heterocycles. The third-order valence-corrected chi connectivity index (χ3v) is 10.5. The third-order valence-electron chi connectivity index (χ3n) is 10.5. The Morgan fingerprint density at radius 2 is 1.85 bits per heavy atom. The molecule has 2 saturated carbocycles. The molecule has 4 aliphatic rings. The zero-order valence-electron chi connectivity index (χ0n) is 24.1. The number of aryl methyl sites for hydroxylation is 1. The molecule has 0 spiro atoms. The molecule has 2 bridgehead atoms. The smallest absolute Gasteiger partial charge is 0.254 e. The largest absolute Gasteiger partial charge is 0.454 e. The number of hydrogen-bond acceptors (Lipinski definition) is 5. The van der Waals surface area contributed by atoms with Gasteiger partial charge in [0, 0.05) is 73.0 Å². The molecule has 7 heteroatoms. The van der Waals surface area contributed by atoms with E-state index in [1.165, 1.54) is 29.4 Å². The Balaban J connectivity index is 1.15. The highest BCUT2D eigenvalue weighted by Gasteiger charge is 2.46. The van der Waals surface area contributed by atoms with Crippen molar-refractivity contribution in [2.24, 2.45) is 17.6 Å². The van der Waals surface area contributed by atoms with Crippen molar-refractivity contribution in [3.8, 4) is 11.5 Å². The van der Waals surface area contributed by atoms with E-state index in [0.29, 0.717) is 17.6 Å². The summed E-state index contributed by atoms with van der Waals surface area (Å²) in [5.41, 5.74) is 12.7. The molecule has 1 amide bonds. The van der Waals surface area contributed by atoms with Crippen molar-refractivity contribution in [1.82, 2.24) is 9.47 Å². The maximum atomic E-state index is 13.5. The standard InChI is InChI=1S/C34H40N4O3/c1-20-27-9-6-23(34(39)38-19-24-7-10-28(38)32(24)35)16-31(27)41-33(20)30-15-22-5-8-25(36-13-11-26(40-2)12-14-36)17-29(22)37(30)18-21-3-4-21/h5-6,8-9,15-17,21,24,26,28,32H,3-4,7,10-14,18-19,35H2,1-2H3/t24?,28?,32-/m1/s1. The normalized spacial score (nSPS) is 24.8. The fourth-order valence-corrected chi connectivity index (χ4v) is 7.78. The van der Waals surface area contributed by atoms with Crippen LogP contribution >= 0.6 is 0 Å². The molecule has 4 heterocycles. The Bertz CT molecular complexity index is 1640. The van der Waals surface area contributed by atoms with Gasteiger partial charge >= 0.3 is 0 Å². The number of amides is 1. The Hall–Kier alpha value is -3.29. The molecule has 2 aromatic heterocycles. The van der Waals surface area contributed by atoms with Crippen LogP contribution in [-0.4, -0.2) is 60.3 Å². The van der Waals surface area contributed by atoms with Crippen LogP contribution in [0.4, 0.5) is 5.69 Å². The first-order valence-electron chi connectivity index (χ1n) is 15.5. The number of nitrogens with zero attached hydrogens (tertiary/aromatic N) is 3. The number of likely N-dealkylation sites (tertiary alicyclic amines) is 1. The molecular weight excluding hydrogens is 512 g/mol. The van der Waals surface area contributed by atoms with Gasteiger partial charge in [0.2, 0.25) is 0 Å². The number of nitrogens with two attached hydrogens (primary N) is 1. The van der Waals surface area contributed by atoms with Crippen LogP contribution in [0, 0.1) is 18.8 Å². The molecule has 2 aliphatic carbocycles. The minimum absolute atomic E-state index is 0.0788. The summed E-state index contributed by atoms with van der Waals surface area (Å²) in [6.07, 6.45) is 7.23. The number of anilines is 1. The van der Waals surface area contributed by atoms with Crippen LogP contribution in [0.25, 0.3) is 33.3 Å². The molecule has 7 nitrogen and oxygen atoms in total. The van der Waals surface area contributed by atoms with E-state index in [1.807, 2.05) is 24.1 Å². The molecule has 2 unspecified atom stereocenters. The fraction of sp³-hybridized carbons (Fsp3) is 0.500. The Labute approximate surface area is 241 Å². The van der Waals surface area contributed by atoms with Gasteiger partial charge in [-0.2, -0.15) is 0 Å². The number of benzene rings is 2. The molecule has 2 aromatic carbocycles. The predicted molar refractivity (Wildman–Crippen MR) is 162 cm³/mol. The van der Waals surface area contributed by atoms with E-state index in [4.69, 9.17) is 14.9 Å². The van der Waals surface area contributed by atoms with Gasteiger partial charge in [-0.15, -0.1) is 0 Å². The van der Waals surface area contributed by atoms with E-state index < -0.39 is 0 Å². The summed E-state index contributed by atoms with van der Waals surface area (Å²) in [5.74, 6) is 2.15. The van der Waals surface area contributed by atoms with Gasteiger partial charge in [-0.1, -0.05) is 12.1 Å². The molecule has 214 valence electrons. The first kappa shape index (κ1) is 25.4. The molecule has 3 atom stereocenters. The molecule has 0 radical (unpaired) electrons. The number of rotatable bonds is 6. The summed E-state index contributed by atoms with van der Waals surface area (Å²) in [7, 11) is 1.82. The summed E-state index contributed by atoms with van der Waals surface area (Å²) in [4.78, 5) is 18.0. The van der Waals surface area contributed by atoms with Crippen LogP contribution in [0.5, 0.6) is 0 Å². The maximum Gasteiger partial charge on any atom is 0.254 e. The number of piperidine rings is 2. The van der Waals surface area contributed by atoms with Gasteiger partial charge in [0.15, 0.2) is 5.76 Å². The van der Waals surface area contributed by atoms with Gasteiger partial charge < -0.3 is 29.3 Å². The van der Waals surface area contributed by atoms with Crippen molar-refractivity contribution < 1.29 is 13.9 Å². The van der Waals surface area contributed by atoms with Gasteiger partial charge in [-0.25, -0.2) is 0 Å². The number of ether oxygens (including phenoxy) is 1. The highest BCUT2D eigenvalue weighted by atomic mass is 16.5. The number of fused-ring (bicyclic) bond motifs is 4. The second kappa shape index (κ2) is 9.63. The summed E-state index contributed by atoms with van der Waals surface area (Å²) in [6, 6.07) is 15.5. The molecule has 4 aromatic rings. The molecule has 2 N–H and O–H groups in total. The van der Waals surface area contributed by atoms with Crippen molar-refractivity contribution in [3.63, 3.8) is 0 Å². The Morgan fingerprint density at radius 1 is 1.02 bits per heavy atom. The molecule has 41 heavy (non-hydrogen) atoms. The second-order valence-electron chi connectivity index (χ2n) is 13.0. The Morgan fingerprint density at radius 3 is 2.56 bits per heavy atom. The summed E-state index contributed by atoms with van der Waals surface area (Å²) in [5, 5.41) is 2.31. The number of hydrogen-bond donors (Lipinski definition) is 1. The predicted octanol–water partition coefficient (Wildman–Crippen LogP) is 5.95. The number of methoxy groups -OCH3 is 1. The summed E-state index contributed by atoms with van der Waals surface area (Å²) < 4.78 is 14.7. The second-order valence-corrected chi connectivity index (χ2v) is 13.0. The topological polar surface area (TPSA) is 76.9 Å². The van der Waals surface area contributed by atoms with E-state index in [9.17, 15) is 4.79 Å². The van der Waals surface area contributed by atoms with E-state index >= 15 is 0 Å². The third kappa shape index (κ3) is 4.19. The summed E-state index contributed by atoms with van der Waals surface area (Å²) in [6.45, 7) is 5.97. The molecule has 2 aliphatic heterocycles. The average molecular weight is 553 g/mol. The average Bonchev–Trinajstić information content (AvgIpc) is 3.41. The van der Waals surface area contributed by atoms with Gasteiger partial charge in [-0.05, 0) is 87.6 Å². The van der Waals surface area contributed by atoms with Crippen LogP contribution in [0.3, 0.4) is 0 Å². The lowest BCUT2D eigenvalue weighted by atomic mass is 10.1. The lowest BCUT2D eigenvalue weighted by Gasteiger charge is -2.33. The zero-order chi connectivity index (χ0) is 27.8. The Kier molecular flexibility index (Phi) is 5.97. The van der Waals surface area contributed by atoms with E-state index in [1.54, 1.807) is 0 Å². The quantitative estimate of drug-likeness (QED) is 0.320. The van der Waals surface area contributed by atoms with Crippen molar-refractivity contribution in [1.29, 1.82) is 0 Å². The van der Waals surface area contributed by atoms with Crippen molar-refractivity contribution >= 4 is 33.5 Å². The van der Waals surface area contributed by atoms with Crippen molar-refractivity contribution in [3.05, 3.63) is 53.6 Å². The monoisotopic (exact) mass is 552 g/mol. The van der Waals surface area contributed by atoms with E-state index in [-0.39, 0.29) is 18.0 Å². The lowest BCUT2D eigenvalue weighted by molar-refractivity contribution is 0.0700. The van der Waals surface area contributed by atoms with Crippen LogP contribution < -0.4 is 10.6 Å². The van der Waals surface area contributed by atoms with Gasteiger partial charge in [0.25, 0.3) is 5.91 Å². The van der Waals surface area contributed by atoms with Gasteiger partial charge in [-0.3, -0.25) is 4.79 Å². The van der Waals surface area contributed by atoms with Crippen LogP contribution in [0.2, 0.25) is 0 Å². The van der Waals surface area contributed by atoms with Crippen molar-refractivity contribution in [2.45, 2.75) is 70.2 Å². The van der Waals surface area contributed by atoms with Gasteiger partial charge in [0.1, 0.15) is 5.58 Å². The molecule has 4 fully saturated rings. The maximum absolute atomic E-state index is 13.5. The fourth-order valence-electron chi connectivity index (χ4n) is 7.78. The van der Waals surface area contributed by atoms with Crippen LogP contribution in [0.1, 0.15) is 54.4 Å². The number of furan rings is 1. The minimum atomic E-state index is 0.0788.